The number of esters is 1. The molecule has 1 aromatic rings. The Balaban J connectivity index is 2.03. The number of thioether (sulfide) groups is 1. The van der Waals surface area contributed by atoms with Gasteiger partial charge in [0.05, 0.1) is 16.9 Å². The fraction of sp³-hybridized carbons (Fsp3) is 0.538. The molecule has 1 amide bonds. The van der Waals surface area contributed by atoms with E-state index in [1.807, 2.05) is 13.0 Å². The zero-order valence-electron chi connectivity index (χ0n) is 11.0. The van der Waals surface area contributed by atoms with Crippen LogP contribution in [0, 0.1) is 6.92 Å². The van der Waals surface area contributed by atoms with Gasteiger partial charge in [-0.05, 0) is 44.1 Å². The van der Waals surface area contributed by atoms with Crippen molar-refractivity contribution in [3.63, 3.8) is 0 Å². The van der Waals surface area contributed by atoms with Crippen LogP contribution >= 0.6 is 23.1 Å². The van der Waals surface area contributed by atoms with E-state index in [-0.39, 0.29) is 17.1 Å². The van der Waals surface area contributed by atoms with Gasteiger partial charge in [-0.25, -0.2) is 4.79 Å². The van der Waals surface area contributed by atoms with Crippen LogP contribution in [-0.2, 0) is 9.53 Å². The van der Waals surface area contributed by atoms with Gasteiger partial charge in [0, 0.05) is 0 Å². The Morgan fingerprint density at radius 3 is 2.95 bits per heavy atom. The van der Waals surface area contributed by atoms with Crippen molar-refractivity contribution < 1.29 is 14.3 Å². The van der Waals surface area contributed by atoms with Crippen molar-refractivity contribution >= 4 is 40.0 Å². The van der Waals surface area contributed by atoms with Crippen molar-refractivity contribution in [2.75, 3.05) is 17.7 Å². The lowest BCUT2D eigenvalue weighted by Crippen LogP contribution is -2.22. The first-order valence-electron chi connectivity index (χ1n) is 6.32. The van der Waals surface area contributed by atoms with Crippen LogP contribution in [0.1, 0.15) is 35.0 Å². The number of nitrogens with one attached hydrogen (secondary N) is 1. The summed E-state index contributed by atoms with van der Waals surface area (Å²) in [5.74, 6) is 0.773. The zero-order chi connectivity index (χ0) is 13.8. The topological polar surface area (TPSA) is 55.4 Å². The smallest absolute Gasteiger partial charge is 0.348 e. The van der Waals surface area contributed by atoms with E-state index in [0.29, 0.717) is 11.5 Å². The fourth-order valence-electron chi connectivity index (χ4n) is 1.93. The summed E-state index contributed by atoms with van der Waals surface area (Å²) in [5, 5.41) is 3.66. The molecular weight excluding hydrogens is 282 g/mol. The van der Waals surface area contributed by atoms with Crippen molar-refractivity contribution in [2.45, 2.75) is 31.9 Å². The summed E-state index contributed by atoms with van der Waals surface area (Å²) in [4.78, 5) is 24.2. The van der Waals surface area contributed by atoms with E-state index in [1.165, 1.54) is 11.3 Å². The van der Waals surface area contributed by atoms with Gasteiger partial charge >= 0.3 is 5.97 Å². The number of hydrogen-bond acceptors (Lipinski definition) is 5. The highest BCUT2D eigenvalue weighted by molar-refractivity contribution is 8.00. The second-order valence-corrected chi connectivity index (χ2v) is 6.70. The lowest BCUT2D eigenvalue weighted by Gasteiger charge is -2.07. The molecule has 6 heteroatoms. The minimum absolute atomic E-state index is 0.0409. The summed E-state index contributed by atoms with van der Waals surface area (Å²) < 4.78 is 4.98. The number of rotatable bonds is 4. The summed E-state index contributed by atoms with van der Waals surface area (Å²) in [6.45, 7) is 3.99. The van der Waals surface area contributed by atoms with Gasteiger partial charge in [0.15, 0.2) is 0 Å². The van der Waals surface area contributed by atoms with Gasteiger partial charge in [0.1, 0.15) is 4.88 Å². The third-order valence-corrected chi connectivity index (χ3v) is 5.36. The standard InChI is InChI=1S/C13H17NO3S2/c1-3-17-13(16)11-8(2)7-10(19-11)14-12(15)9-5-4-6-18-9/h7,9H,3-6H2,1-2H3,(H,14,15). The van der Waals surface area contributed by atoms with E-state index in [9.17, 15) is 9.59 Å². The van der Waals surface area contributed by atoms with Gasteiger partial charge < -0.3 is 10.1 Å². The average Bonchev–Trinajstić information content (AvgIpc) is 2.99. The third kappa shape index (κ3) is 3.51. The molecule has 0 aliphatic carbocycles. The highest BCUT2D eigenvalue weighted by Gasteiger charge is 2.24. The molecule has 0 radical (unpaired) electrons. The summed E-state index contributed by atoms with van der Waals surface area (Å²) in [7, 11) is 0. The Bertz CT molecular complexity index is 478. The Labute approximate surface area is 120 Å². The number of carbonyl (C=O) groups excluding carboxylic acids is 2. The van der Waals surface area contributed by atoms with Gasteiger partial charge in [-0.2, -0.15) is 0 Å². The molecule has 1 N–H and O–H groups in total. The number of aryl methyl sites for hydroxylation is 1. The molecule has 1 unspecified atom stereocenters. The van der Waals surface area contributed by atoms with E-state index >= 15 is 0 Å². The van der Waals surface area contributed by atoms with Crippen LogP contribution in [0.15, 0.2) is 6.07 Å². The monoisotopic (exact) mass is 299 g/mol. The molecule has 1 aromatic heterocycles. The van der Waals surface area contributed by atoms with E-state index in [2.05, 4.69) is 5.32 Å². The number of ether oxygens (including phenoxy) is 1. The Hall–Kier alpha value is -1.01. The molecule has 1 fully saturated rings. The quantitative estimate of drug-likeness (QED) is 0.868. The third-order valence-electron chi connectivity index (χ3n) is 2.85. The highest BCUT2D eigenvalue weighted by atomic mass is 32.2. The van der Waals surface area contributed by atoms with Crippen LogP contribution in [0.4, 0.5) is 5.00 Å². The number of thiophene rings is 1. The molecule has 1 aliphatic rings. The lowest BCUT2D eigenvalue weighted by molar-refractivity contribution is -0.115. The number of amides is 1. The molecule has 0 aromatic carbocycles. The summed E-state index contributed by atoms with van der Waals surface area (Å²) >= 11 is 2.98. The largest absolute Gasteiger partial charge is 0.462 e. The maximum atomic E-state index is 12.0. The summed E-state index contributed by atoms with van der Waals surface area (Å²) in [5.41, 5.74) is 0.845. The molecule has 1 aliphatic heterocycles. The van der Waals surface area contributed by atoms with Crippen molar-refractivity contribution in [3.8, 4) is 0 Å². The maximum absolute atomic E-state index is 12.0. The van der Waals surface area contributed by atoms with Gasteiger partial charge in [0.2, 0.25) is 5.91 Å². The predicted molar refractivity (Wildman–Crippen MR) is 79.1 cm³/mol. The lowest BCUT2D eigenvalue weighted by atomic mass is 10.2. The van der Waals surface area contributed by atoms with Crippen LogP contribution in [0.25, 0.3) is 0 Å². The first-order chi connectivity index (χ1) is 9.11. The van der Waals surface area contributed by atoms with E-state index in [4.69, 9.17) is 4.74 Å². The molecule has 2 rings (SSSR count). The first kappa shape index (κ1) is 14.4. The maximum Gasteiger partial charge on any atom is 0.348 e. The highest BCUT2D eigenvalue weighted by Crippen LogP contribution is 2.30. The van der Waals surface area contributed by atoms with Crippen LogP contribution in [0.3, 0.4) is 0 Å². The normalized spacial score (nSPS) is 18.3. The number of carbonyl (C=O) groups is 2. The van der Waals surface area contributed by atoms with E-state index in [0.717, 1.165) is 29.2 Å². The van der Waals surface area contributed by atoms with Gasteiger partial charge in [-0.15, -0.1) is 23.1 Å². The zero-order valence-corrected chi connectivity index (χ0v) is 12.7. The van der Waals surface area contributed by atoms with Crippen molar-refractivity contribution in [1.29, 1.82) is 0 Å². The second kappa shape index (κ2) is 6.43. The van der Waals surface area contributed by atoms with Gasteiger partial charge in [0.25, 0.3) is 0 Å². The van der Waals surface area contributed by atoms with Gasteiger partial charge in [-0.3, -0.25) is 4.79 Å². The van der Waals surface area contributed by atoms with E-state index < -0.39 is 0 Å². The molecule has 2 heterocycles. The molecule has 4 nitrogen and oxygen atoms in total. The van der Waals surface area contributed by atoms with Crippen LogP contribution in [0.5, 0.6) is 0 Å². The molecular formula is C13H17NO3S2. The number of hydrogen-bond donors (Lipinski definition) is 1. The molecule has 19 heavy (non-hydrogen) atoms. The summed E-state index contributed by atoms with van der Waals surface area (Å²) in [6, 6.07) is 1.83. The summed E-state index contributed by atoms with van der Waals surface area (Å²) in [6.07, 6.45) is 2.03. The molecule has 1 saturated heterocycles. The number of anilines is 1. The minimum Gasteiger partial charge on any atom is -0.462 e. The Morgan fingerprint density at radius 2 is 2.32 bits per heavy atom. The molecule has 1 atom stereocenters. The molecule has 0 bridgehead atoms. The minimum atomic E-state index is -0.319. The average molecular weight is 299 g/mol. The predicted octanol–water partition coefficient (Wildman–Crippen LogP) is 3.07. The van der Waals surface area contributed by atoms with Crippen LogP contribution in [-0.4, -0.2) is 29.5 Å². The SMILES string of the molecule is CCOC(=O)c1sc(NC(=O)C2CCCS2)cc1C. The Kier molecular flexibility index (Phi) is 4.87. The molecule has 0 saturated carbocycles. The van der Waals surface area contributed by atoms with Crippen molar-refractivity contribution in [2.24, 2.45) is 0 Å². The van der Waals surface area contributed by atoms with Crippen molar-refractivity contribution in [3.05, 3.63) is 16.5 Å². The Morgan fingerprint density at radius 1 is 1.53 bits per heavy atom. The molecule has 0 spiro atoms. The second-order valence-electron chi connectivity index (χ2n) is 4.33. The molecule has 104 valence electrons. The van der Waals surface area contributed by atoms with Crippen molar-refractivity contribution in [1.82, 2.24) is 0 Å². The van der Waals surface area contributed by atoms with E-state index in [1.54, 1.807) is 18.7 Å². The van der Waals surface area contributed by atoms with Crippen LogP contribution < -0.4 is 5.32 Å². The first-order valence-corrected chi connectivity index (χ1v) is 8.18. The van der Waals surface area contributed by atoms with Gasteiger partial charge in [-0.1, -0.05) is 0 Å². The van der Waals surface area contributed by atoms with Crippen LogP contribution in [0.2, 0.25) is 0 Å². The fourth-order valence-corrected chi connectivity index (χ4v) is 4.06.